The van der Waals surface area contributed by atoms with Crippen molar-refractivity contribution in [2.75, 3.05) is 6.61 Å². The summed E-state index contributed by atoms with van der Waals surface area (Å²) in [5, 5.41) is 10.9. The number of carboxylic acid groups (broad SMARTS) is 1. The Labute approximate surface area is 111 Å². The molecule has 0 fully saturated rings. The molecule has 0 radical (unpaired) electrons. The van der Waals surface area contributed by atoms with Crippen LogP contribution in [0.1, 0.15) is 30.1 Å². The van der Waals surface area contributed by atoms with E-state index in [1.807, 2.05) is 6.92 Å². The summed E-state index contributed by atoms with van der Waals surface area (Å²) in [6, 6.07) is 6.69. The summed E-state index contributed by atoms with van der Waals surface area (Å²) in [5.74, 6) is -1.37. The molecule has 5 heteroatoms. The van der Waals surface area contributed by atoms with Gasteiger partial charge in [-0.05, 0) is 18.6 Å². The lowest BCUT2D eigenvalue weighted by Crippen LogP contribution is -2.27. The lowest BCUT2D eigenvalue weighted by Gasteiger charge is -2.11. The highest BCUT2D eigenvalue weighted by molar-refractivity contribution is 6.02. The van der Waals surface area contributed by atoms with Crippen molar-refractivity contribution >= 4 is 11.9 Å². The minimum Gasteiger partial charge on any atom is -0.493 e. The number of rotatable bonds is 7. The number of amides is 1. The van der Waals surface area contributed by atoms with E-state index in [1.54, 1.807) is 24.3 Å². The highest BCUT2D eigenvalue weighted by Gasteiger charge is 2.15. The number of nitrogens with one attached hydrogen (secondary N) is 1. The molecule has 0 aromatic heterocycles. The van der Waals surface area contributed by atoms with Crippen molar-refractivity contribution in [1.29, 1.82) is 0 Å². The summed E-state index contributed by atoms with van der Waals surface area (Å²) in [4.78, 5) is 22.5. The third-order valence-corrected chi connectivity index (χ3v) is 2.41. The van der Waals surface area contributed by atoms with E-state index >= 15 is 0 Å². The van der Waals surface area contributed by atoms with Crippen LogP contribution in [0.5, 0.6) is 5.75 Å². The van der Waals surface area contributed by atoms with E-state index < -0.39 is 11.9 Å². The van der Waals surface area contributed by atoms with Crippen LogP contribution < -0.4 is 10.1 Å². The second-order valence-electron chi connectivity index (χ2n) is 3.94. The Kier molecular flexibility index (Phi) is 5.60. The lowest BCUT2D eigenvalue weighted by molar-refractivity contribution is -0.132. The first-order chi connectivity index (χ1) is 9.06. The monoisotopic (exact) mass is 263 g/mol. The number of unbranched alkanes of at least 4 members (excludes halogenated alkanes) is 1. The van der Waals surface area contributed by atoms with Gasteiger partial charge in [0.15, 0.2) is 0 Å². The largest absolute Gasteiger partial charge is 0.493 e. The van der Waals surface area contributed by atoms with E-state index in [-0.39, 0.29) is 5.70 Å². The van der Waals surface area contributed by atoms with Crippen molar-refractivity contribution in [2.45, 2.75) is 19.8 Å². The zero-order valence-electron chi connectivity index (χ0n) is 10.8. The molecule has 0 saturated heterocycles. The predicted molar refractivity (Wildman–Crippen MR) is 71.1 cm³/mol. The minimum absolute atomic E-state index is 0.293. The fraction of sp³-hybridized carbons (Fsp3) is 0.286. The van der Waals surface area contributed by atoms with Crippen LogP contribution in [0.15, 0.2) is 36.5 Å². The Morgan fingerprint density at radius 3 is 2.68 bits per heavy atom. The first-order valence-corrected chi connectivity index (χ1v) is 6.01. The van der Waals surface area contributed by atoms with Gasteiger partial charge in [-0.25, -0.2) is 4.79 Å². The van der Waals surface area contributed by atoms with Crippen molar-refractivity contribution in [1.82, 2.24) is 5.32 Å². The van der Waals surface area contributed by atoms with Gasteiger partial charge in [0.25, 0.3) is 5.91 Å². The maximum Gasteiger partial charge on any atom is 0.351 e. The standard InChI is InChI=1S/C14H17NO4/c1-3-4-9-19-12-8-6-5-7-11(12)13(16)15-10(2)14(17)18/h5-8H,2-4,9H2,1H3,(H,15,16)(H,17,18). The maximum absolute atomic E-state index is 11.9. The fourth-order valence-corrected chi connectivity index (χ4v) is 1.36. The van der Waals surface area contributed by atoms with Crippen molar-refractivity contribution in [3.8, 4) is 5.75 Å². The van der Waals surface area contributed by atoms with Gasteiger partial charge in [0.05, 0.1) is 12.2 Å². The normalized spacial score (nSPS) is 9.74. The summed E-state index contributed by atoms with van der Waals surface area (Å²) in [6.45, 7) is 5.81. The molecule has 0 atom stereocenters. The van der Waals surface area contributed by atoms with Crippen LogP contribution in [-0.4, -0.2) is 23.6 Å². The molecule has 0 aliphatic carbocycles. The van der Waals surface area contributed by atoms with Gasteiger partial charge in [0.1, 0.15) is 11.4 Å². The van der Waals surface area contributed by atoms with Gasteiger partial charge in [0, 0.05) is 0 Å². The molecule has 0 spiro atoms. The third kappa shape index (κ3) is 4.46. The van der Waals surface area contributed by atoms with Crippen molar-refractivity contribution < 1.29 is 19.4 Å². The molecule has 102 valence electrons. The Morgan fingerprint density at radius 1 is 1.37 bits per heavy atom. The van der Waals surface area contributed by atoms with Gasteiger partial charge in [-0.1, -0.05) is 32.1 Å². The fourth-order valence-electron chi connectivity index (χ4n) is 1.36. The molecule has 19 heavy (non-hydrogen) atoms. The van der Waals surface area contributed by atoms with Crippen LogP contribution >= 0.6 is 0 Å². The molecule has 5 nitrogen and oxygen atoms in total. The van der Waals surface area contributed by atoms with Crippen LogP contribution in [-0.2, 0) is 4.79 Å². The molecule has 2 N–H and O–H groups in total. The number of para-hydroxylation sites is 1. The highest BCUT2D eigenvalue weighted by Crippen LogP contribution is 2.18. The summed E-state index contributed by atoms with van der Waals surface area (Å²) < 4.78 is 5.50. The highest BCUT2D eigenvalue weighted by atomic mass is 16.5. The van der Waals surface area contributed by atoms with Gasteiger partial charge in [-0.2, -0.15) is 0 Å². The van der Waals surface area contributed by atoms with Crippen molar-refractivity contribution in [3.05, 3.63) is 42.1 Å². The number of hydrogen-bond donors (Lipinski definition) is 2. The smallest absolute Gasteiger partial charge is 0.351 e. The van der Waals surface area contributed by atoms with E-state index in [0.29, 0.717) is 17.9 Å². The average molecular weight is 263 g/mol. The first-order valence-electron chi connectivity index (χ1n) is 6.01. The Morgan fingerprint density at radius 2 is 2.05 bits per heavy atom. The molecule has 0 unspecified atom stereocenters. The Bertz CT molecular complexity index is 482. The molecule has 1 rings (SSSR count). The molecule has 0 aliphatic rings. The van der Waals surface area contributed by atoms with E-state index in [2.05, 4.69) is 11.9 Å². The maximum atomic E-state index is 11.9. The summed E-state index contributed by atoms with van der Waals surface area (Å²) in [5.41, 5.74) is -0.0747. The lowest BCUT2D eigenvalue weighted by atomic mass is 10.2. The molecule has 1 amide bonds. The predicted octanol–water partition coefficient (Wildman–Crippen LogP) is 2.19. The quantitative estimate of drug-likeness (QED) is 0.584. The van der Waals surface area contributed by atoms with Crippen molar-refractivity contribution in [2.24, 2.45) is 0 Å². The zero-order valence-corrected chi connectivity index (χ0v) is 10.8. The average Bonchev–Trinajstić information content (AvgIpc) is 2.39. The summed E-state index contributed by atoms with van der Waals surface area (Å²) >= 11 is 0. The van der Waals surface area contributed by atoms with Crippen LogP contribution in [0.3, 0.4) is 0 Å². The molecule has 1 aromatic carbocycles. The molecule has 0 saturated carbocycles. The van der Waals surface area contributed by atoms with E-state index in [1.165, 1.54) is 0 Å². The minimum atomic E-state index is -1.27. The van der Waals surface area contributed by atoms with Gasteiger partial charge < -0.3 is 15.2 Å². The molecule has 0 bridgehead atoms. The Hall–Kier alpha value is -2.30. The zero-order chi connectivity index (χ0) is 14.3. The topological polar surface area (TPSA) is 75.6 Å². The first kappa shape index (κ1) is 14.8. The number of carbonyl (C=O) groups excluding carboxylic acids is 1. The van der Waals surface area contributed by atoms with E-state index in [9.17, 15) is 9.59 Å². The number of hydrogen-bond acceptors (Lipinski definition) is 3. The molecule has 1 aromatic rings. The number of carbonyl (C=O) groups is 2. The third-order valence-electron chi connectivity index (χ3n) is 2.41. The van der Waals surface area contributed by atoms with E-state index in [0.717, 1.165) is 12.8 Å². The van der Waals surface area contributed by atoms with Crippen LogP contribution in [0.25, 0.3) is 0 Å². The number of ether oxygens (including phenoxy) is 1. The van der Waals surface area contributed by atoms with Crippen LogP contribution in [0.4, 0.5) is 0 Å². The summed E-state index contributed by atoms with van der Waals surface area (Å²) in [6.07, 6.45) is 1.88. The van der Waals surface area contributed by atoms with Crippen LogP contribution in [0.2, 0.25) is 0 Å². The second kappa shape index (κ2) is 7.20. The molecular formula is C14H17NO4. The second-order valence-corrected chi connectivity index (χ2v) is 3.94. The van der Waals surface area contributed by atoms with Gasteiger partial charge >= 0.3 is 5.97 Å². The summed E-state index contributed by atoms with van der Waals surface area (Å²) in [7, 11) is 0. The molecular weight excluding hydrogens is 246 g/mol. The number of aliphatic carboxylic acids is 1. The van der Waals surface area contributed by atoms with Gasteiger partial charge in [-0.15, -0.1) is 0 Å². The van der Waals surface area contributed by atoms with E-state index in [4.69, 9.17) is 9.84 Å². The van der Waals surface area contributed by atoms with Gasteiger partial charge in [-0.3, -0.25) is 4.79 Å². The molecule has 0 aliphatic heterocycles. The van der Waals surface area contributed by atoms with Crippen molar-refractivity contribution in [3.63, 3.8) is 0 Å². The van der Waals surface area contributed by atoms with Gasteiger partial charge in [0.2, 0.25) is 0 Å². The number of carboxylic acids is 1. The Balaban J connectivity index is 2.78. The SMILES string of the molecule is C=C(NC(=O)c1ccccc1OCCCC)C(=O)O. The van der Waals surface area contributed by atoms with Crippen LogP contribution in [0, 0.1) is 0 Å². The molecule has 0 heterocycles. The number of benzene rings is 1.